The quantitative estimate of drug-likeness (QED) is 0.800. The molecule has 1 fully saturated rings. The normalized spacial score (nSPS) is 20.8. The van der Waals surface area contributed by atoms with E-state index in [0.717, 1.165) is 12.1 Å². The fourth-order valence-corrected chi connectivity index (χ4v) is 1.68. The predicted molar refractivity (Wildman–Crippen MR) is 59.9 cm³/mol. The number of morpholine rings is 1. The number of rotatable bonds is 1. The van der Waals surface area contributed by atoms with Crippen molar-refractivity contribution in [1.82, 2.24) is 5.32 Å². The first-order chi connectivity index (χ1) is 6.77. The van der Waals surface area contributed by atoms with Crippen LogP contribution in [0.4, 0.5) is 4.39 Å². The van der Waals surface area contributed by atoms with Crippen molar-refractivity contribution in [3.05, 3.63) is 35.1 Å². The third-order valence-corrected chi connectivity index (χ3v) is 2.45. The van der Waals surface area contributed by atoms with Gasteiger partial charge in [0.1, 0.15) is 5.82 Å². The van der Waals surface area contributed by atoms with Gasteiger partial charge < -0.3 is 10.1 Å². The van der Waals surface area contributed by atoms with Crippen LogP contribution < -0.4 is 5.32 Å². The van der Waals surface area contributed by atoms with Crippen molar-refractivity contribution in [1.29, 1.82) is 0 Å². The Balaban J connectivity index is 0.00000112. The van der Waals surface area contributed by atoms with E-state index in [1.807, 2.05) is 19.1 Å². The van der Waals surface area contributed by atoms with Crippen molar-refractivity contribution in [2.75, 3.05) is 19.8 Å². The van der Waals surface area contributed by atoms with Gasteiger partial charge in [-0.2, -0.15) is 0 Å². The van der Waals surface area contributed by atoms with Crippen LogP contribution in [0.5, 0.6) is 0 Å². The van der Waals surface area contributed by atoms with Crippen molar-refractivity contribution < 1.29 is 9.13 Å². The molecule has 2 rings (SSSR count). The Morgan fingerprint density at radius 3 is 2.87 bits per heavy atom. The van der Waals surface area contributed by atoms with Crippen LogP contribution in [0.2, 0.25) is 0 Å². The SMILES string of the molecule is Cc1ccc([C@@H]2COCCN2)c(F)c1.Cl. The summed E-state index contributed by atoms with van der Waals surface area (Å²) >= 11 is 0. The second-order valence-electron chi connectivity index (χ2n) is 3.61. The van der Waals surface area contributed by atoms with Crippen LogP contribution in [0.1, 0.15) is 17.2 Å². The van der Waals surface area contributed by atoms with Crippen LogP contribution in [0.15, 0.2) is 18.2 Å². The summed E-state index contributed by atoms with van der Waals surface area (Å²) < 4.78 is 18.8. The van der Waals surface area contributed by atoms with Gasteiger partial charge in [0.15, 0.2) is 0 Å². The van der Waals surface area contributed by atoms with E-state index in [9.17, 15) is 4.39 Å². The summed E-state index contributed by atoms with van der Waals surface area (Å²) in [5.74, 6) is -0.145. The highest BCUT2D eigenvalue weighted by atomic mass is 35.5. The van der Waals surface area contributed by atoms with E-state index >= 15 is 0 Å². The maximum absolute atomic E-state index is 13.5. The molecule has 1 N–H and O–H groups in total. The molecule has 0 aliphatic carbocycles. The lowest BCUT2D eigenvalue weighted by atomic mass is 10.0. The molecular formula is C11H15ClFNO. The van der Waals surface area contributed by atoms with Gasteiger partial charge in [-0.3, -0.25) is 0 Å². The average Bonchev–Trinajstić information content (AvgIpc) is 2.19. The number of ether oxygens (including phenoxy) is 1. The Hall–Kier alpha value is -0.640. The van der Waals surface area contributed by atoms with Crippen LogP contribution in [0.25, 0.3) is 0 Å². The molecule has 15 heavy (non-hydrogen) atoms. The third-order valence-electron chi connectivity index (χ3n) is 2.45. The lowest BCUT2D eigenvalue weighted by Gasteiger charge is -2.24. The zero-order chi connectivity index (χ0) is 9.97. The van der Waals surface area contributed by atoms with Gasteiger partial charge in [-0.1, -0.05) is 12.1 Å². The molecule has 0 spiro atoms. The van der Waals surface area contributed by atoms with Gasteiger partial charge in [0, 0.05) is 12.1 Å². The molecule has 0 amide bonds. The van der Waals surface area contributed by atoms with E-state index in [2.05, 4.69) is 5.32 Å². The molecule has 1 aromatic rings. The number of hydrogen-bond donors (Lipinski definition) is 1. The number of halogens is 2. The van der Waals surface area contributed by atoms with Crippen molar-refractivity contribution in [3.8, 4) is 0 Å². The van der Waals surface area contributed by atoms with Gasteiger partial charge in [0.25, 0.3) is 0 Å². The largest absolute Gasteiger partial charge is 0.378 e. The monoisotopic (exact) mass is 231 g/mol. The minimum Gasteiger partial charge on any atom is -0.378 e. The van der Waals surface area contributed by atoms with Crippen LogP contribution in [0.3, 0.4) is 0 Å². The van der Waals surface area contributed by atoms with Crippen LogP contribution in [-0.2, 0) is 4.74 Å². The Morgan fingerprint density at radius 1 is 1.47 bits per heavy atom. The summed E-state index contributed by atoms with van der Waals surface area (Å²) in [6.07, 6.45) is 0. The van der Waals surface area contributed by atoms with Crippen molar-refractivity contribution in [3.63, 3.8) is 0 Å². The van der Waals surface area contributed by atoms with Gasteiger partial charge in [-0.05, 0) is 18.6 Å². The van der Waals surface area contributed by atoms with E-state index in [1.54, 1.807) is 6.07 Å². The first kappa shape index (κ1) is 12.4. The molecule has 1 aromatic carbocycles. The molecule has 1 heterocycles. The summed E-state index contributed by atoms with van der Waals surface area (Å²) in [5.41, 5.74) is 1.65. The first-order valence-corrected chi connectivity index (χ1v) is 4.84. The lowest BCUT2D eigenvalue weighted by Crippen LogP contribution is -2.35. The van der Waals surface area contributed by atoms with E-state index in [1.165, 1.54) is 0 Å². The minimum absolute atomic E-state index is 0. The molecule has 1 aliphatic heterocycles. The summed E-state index contributed by atoms with van der Waals surface area (Å²) in [4.78, 5) is 0. The number of aryl methyl sites for hydroxylation is 1. The van der Waals surface area contributed by atoms with Gasteiger partial charge >= 0.3 is 0 Å². The standard InChI is InChI=1S/C11H14FNO.ClH/c1-8-2-3-9(10(12)6-8)11-7-14-5-4-13-11;/h2-3,6,11,13H,4-5,7H2,1H3;1H/t11-;/m0./s1. The second-order valence-corrected chi connectivity index (χ2v) is 3.61. The Labute approximate surface area is 95.2 Å². The molecule has 4 heteroatoms. The van der Waals surface area contributed by atoms with Crippen LogP contribution in [-0.4, -0.2) is 19.8 Å². The van der Waals surface area contributed by atoms with Crippen LogP contribution in [0, 0.1) is 12.7 Å². The molecule has 0 radical (unpaired) electrons. The Kier molecular flexibility index (Phi) is 4.51. The molecule has 2 nitrogen and oxygen atoms in total. The second kappa shape index (κ2) is 5.45. The van der Waals surface area contributed by atoms with E-state index < -0.39 is 0 Å². The summed E-state index contributed by atoms with van der Waals surface area (Å²) in [7, 11) is 0. The molecule has 0 aromatic heterocycles. The van der Waals surface area contributed by atoms with Gasteiger partial charge in [0.05, 0.1) is 19.3 Å². The average molecular weight is 232 g/mol. The molecular weight excluding hydrogens is 217 g/mol. The summed E-state index contributed by atoms with van der Waals surface area (Å²) in [5, 5.41) is 3.23. The molecule has 0 unspecified atom stereocenters. The zero-order valence-corrected chi connectivity index (χ0v) is 9.44. The molecule has 0 bridgehead atoms. The van der Waals surface area contributed by atoms with Gasteiger partial charge in [0.2, 0.25) is 0 Å². The van der Waals surface area contributed by atoms with E-state index in [0.29, 0.717) is 18.8 Å². The number of nitrogens with one attached hydrogen (secondary N) is 1. The van der Waals surface area contributed by atoms with Crippen molar-refractivity contribution in [2.45, 2.75) is 13.0 Å². The molecule has 1 aliphatic rings. The topological polar surface area (TPSA) is 21.3 Å². The summed E-state index contributed by atoms with van der Waals surface area (Å²) in [6, 6.07) is 5.32. The fourth-order valence-electron chi connectivity index (χ4n) is 1.68. The molecule has 1 atom stereocenters. The van der Waals surface area contributed by atoms with E-state index in [4.69, 9.17) is 4.74 Å². The Morgan fingerprint density at radius 2 is 2.27 bits per heavy atom. The smallest absolute Gasteiger partial charge is 0.128 e. The highest BCUT2D eigenvalue weighted by molar-refractivity contribution is 5.85. The summed E-state index contributed by atoms with van der Waals surface area (Å²) in [6.45, 7) is 3.94. The zero-order valence-electron chi connectivity index (χ0n) is 8.63. The molecule has 0 saturated carbocycles. The maximum Gasteiger partial charge on any atom is 0.128 e. The Bertz CT molecular complexity index is 326. The molecule has 84 valence electrons. The maximum atomic E-state index is 13.5. The fraction of sp³-hybridized carbons (Fsp3) is 0.455. The highest BCUT2D eigenvalue weighted by Crippen LogP contribution is 2.19. The van der Waals surface area contributed by atoms with Gasteiger partial charge in [-0.15, -0.1) is 12.4 Å². The van der Waals surface area contributed by atoms with Crippen LogP contribution >= 0.6 is 12.4 Å². The lowest BCUT2D eigenvalue weighted by molar-refractivity contribution is 0.0757. The van der Waals surface area contributed by atoms with E-state index in [-0.39, 0.29) is 24.3 Å². The van der Waals surface area contributed by atoms with Crippen molar-refractivity contribution >= 4 is 12.4 Å². The first-order valence-electron chi connectivity index (χ1n) is 4.84. The molecule has 1 saturated heterocycles. The highest BCUT2D eigenvalue weighted by Gasteiger charge is 2.18. The number of benzene rings is 1. The number of hydrogen-bond acceptors (Lipinski definition) is 2. The predicted octanol–water partition coefficient (Wildman–Crippen LogP) is 2.22. The van der Waals surface area contributed by atoms with Gasteiger partial charge in [-0.25, -0.2) is 4.39 Å². The van der Waals surface area contributed by atoms with Crippen molar-refractivity contribution in [2.24, 2.45) is 0 Å². The minimum atomic E-state index is -0.145. The third kappa shape index (κ3) is 2.91.